The number of nitrogens with zero attached hydrogens (tertiary/aromatic N) is 2. The van der Waals surface area contributed by atoms with Gasteiger partial charge in [-0.1, -0.05) is 26.0 Å². The standard InChI is InChI=1S/C19H33N3O3/c1-6-15(3)22-11-8-7-9-17(22)16(4)20-13-18(23)21(5)12-10-14(2)19(24)25/h10,15,17,20H,4,6-9,11-13H2,1-3,5H3,(H,24,25)/b14-10+. The summed E-state index contributed by atoms with van der Waals surface area (Å²) in [6, 6.07) is 0.780. The van der Waals surface area contributed by atoms with E-state index >= 15 is 0 Å². The number of piperidine rings is 1. The Hall–Kier alpha value is -1.82. The summed E-state index contributed by atoms with van der Waals surface area (Å²) in [5.41, 5.74) is 1.14. The van der Waals surface area contributed by atoms with Crippen LogP contribution in [0.15, 0.2) is 23.9 Å². The minimum atomic E-state index is -0.963. The molecule has 6 nitrogen and oxygen atoms in total. The summed E-state index contributed by atoms with van der Waals surface area (Å²) < 4.78 is 0. The van der Waals surface area contributed by atoms with Gasteiger partial charge in [0.05, 0.1) is 6.54 Å². The van der Waals surface area contributed by atoms with Gasteiger partial charge >= 0.3 is 5.97 Å². The van der Waals surface area contributed by atoms with Gasteiger partial charge in [-0.25, -0.2) is 4.79 Å². The van der Waals surface area contributed by atoms with Crippen molar-refractivity contribution in [1.82, 2.24) is 15.1 Å². The van der Waals surface area contributed by atoms with Gasteiger partial charge in [0.1, 0.15) is 0 Å². The summed E-state index contributed by atoms with van der Waals surface area (Å²) in [4.78, 5) is 27.0. The van der Waals surface area contributed by atoms with E-state index in [4.69, 9.17) is 5.11 Å². The Morgan fingerprint density at radius 1 is 1.44 bits per heavy atom. The Kier molecular flexibility index (Phi) is 8.69. The maximum absolute atomic E-state index is 12.2. The number of aliphatic carboxylic acids is 1. The zero-order valence-corrected chi connectivity index (χ0v) is 16.0. The molecule has 1 aliphatic heterocycles. The molecule has 2 atom stereocenters. The van der Waals surface area contributed by atoms with Crippen LogP contribution in [-0.2, 0) is 9.59 Å². The van der Waals surface area contributed by atoms with Gasteiger partial charge in [-0.05, 0) is 39.7 Å². The number of likely N-dealkylation sites (tertiary alicyclic amines) is 1. The molecule has 2 unspecified atom stereocenters. The van der Waals surface area contributed by atoms with Crippen LogP contribution < -0.4 is 5.32 Å². The molecule has 1 rings (SSSR count). The van der Waals surface area contributed by atoms with Crippen LogP contribution in [0.3, 0.4) is 0 Å². The largest absolute Gasteiger partial charge is 0.478 e. The van der Waals surface area contributed by atoms with E-state index in [0.29, 0.717) is 6.04 Å². The summed E-state index contributed by atoms with van der Waals surface area (Å²) in [5.74, 6) is -1.05. The van der Waals surface area contributed by atoms with Crippen LogP contribution in [-0.4, -0.2) is 65.5 Å². The van der Waals surface area contributed by atoms with Crippen molar-refractivity contribution in [3.8, 4) is 0 Å². The first-order valence-corrected chi connectivity index (χ1v) is 9.10. The predicted molar refractivity (Wildman–Crippen MR) is 100 cm³/mol. The SMILES string of the molecule is C=C(NCC(=O)N(C)C/C=C(\C)C(=O)O)C1CCCCN1C(C)CC. The monoisotopic (exact) mass is 351 g/mol. The van der Waals surface area contributed by atoms with Crippen molar-refractivity contribution < 1.29 is 14.7 Å². The number of rotatable bonds is 9. The second-order valence-corrected chi connectivity index (χ2v) is 6.85. The van der Waals surface area contributed by atoms with E-state index in [9.17, 15) is 9.59 Å². The van der Waals surface area contributed by atoms with E-state index in [-0.39, 0.29) is 30.6 Å². The molecule has 0 bridgehead atoms. The van der Waals surface area contributed by atoms with Crippen molar-refractivity contribution in [1.29, 1.82) is 0 Å². The number of carbonyl (C=O) groups excluding carboxylic acids is 1. The Morgan fingerprint density at radius 2 is 2.12 bits per heavy atom. The molecule has 1 saturated heterocycles. The van der Waals surface area contributed by atoms with Gasteiger partial charge in [0.25, 0.3) is 0 Å². The normalized spacial score (nSPS) is 20.0. The van der Waals surface area contributed by atoms with E-state index < -0.39 is 5.97 Å². The fourth-order valence-corrected chi connectivity index (χ4v) is 3.00. The van der Waals surface area contributed by atoms with Crippen LogP contribution >= 0.6 is 0 Å². The highest BCUT2D eigenvalue weighted by atomic mass is 16.4. The Balaban J connectivity index is 2.52. The smallest absolute Gasteiger partial charge is 0.331 e. The van der Waals surface area contributed by atoms with Crippen LogP contribution in [0.5, 0.6) is 0 Å². The fraction of sp³-hybridized carbons (Fsp3) is 0.684. The highest BCUT2D eigenvalue weighted by Gasteiger charge is 2.27. The zero-order valence-electron chi connectivity index (χ0n) is 16.0. The Bertz CT molecular complexity index is 516. The molecule has 0 saturated carbocycles. The number of hydrogen-bond acceptors (Lipinski definition) is 4. The van der Waals surface area contributed by atoms with Gasteiger partial charge in [0, 0.05) is 36.9 Å². The van der Waals surface area contributed by atoms with Gasteiger partial charge < -0.3 is 15.3 Å². The minimum Gasteiger partial charge on any atom is -0.478 e. The number of carboxylic acid groups (broad SMARTS) is 1. The topological polar surface area (TPSA) is 72.9 Å². The molecule has 1 aliphatic rings. The van der Waals surface area contributed by atoms with Crippen LogP contribution in [0.1, 0.15) is 46.5 Å². The Labute approximate surface area is 151 Å². The molecule has 0 aromatic rings. The molecule has 2 N–H and O–H groups in total. The number of carbonyl (C=O) groups is 2. The quantitative estimate of drug-likeness (QED) is 0.623. The van der Waals surface area contributed by atoms with Crippen LogP contribution in [0, 0.1) is 0 Å². The number of nitrogens with one attached hydrogen (secondary N) is 1. The second-order valence-electron chi connectivity index (χ2n) is 6.85. The molecular weight excluding hydrogens is 318 g/mol. The van der Waals surface area contributed by atoms with Crippen molar-refractivity contribution in [3.63, 3.8) is 0 Å². The first-order chi connectivity index (χ1) is 11.8. The molecule has 6 heteroatoms. The highest BCUT2D eigenvalue weighted by molar-refractivity contribution is 5.86. The van der Waals surface area contributed by atoms with Gasteiger partial charge in [0.2, 0.25) is 5.91 Å². The first kappa shape index (κ1) is 21.2. The molecule has 0 aromatic carbocycles. The zero-order chi connectivity index (χ0) is 19.0. The molecule has 0 aliphatic carbocycles. The molecule has 25 heavy (non-hydrogen) atoms. The third-order valence-corrected chi connectivity index (χ3v) is 5.00. The third-order valence-electron chi connectivity index (χ3n) is 5.00. The maximum atomic E-state index is 12.2. The van der Waals surface area contributed by atoms with Crippen LogP contribution in [0.2, 0.25) is 0 Å². The number of hydrogen-bond donors (Lipinski definition) is 2. The molecule has 0 aromatic heterocycles. The summed E-state index contributed by atoms with van der Waals surface area (Å²) in [6.45, 7) is 11.7. The van der Waals surface area contributed by atoms with E-state index in [1.807, 2.05) is 0 Å². The lowest BCUT2D eigenvalue weighted by Crippen LogP contribution is -2.49. The van der Waals surface area contributed by atoms with Gasteiger partial charge in [-0.15, -0.1) is 0 Å². The summed E-state index contributed by atoms with van der Waals surface area (Å²) >= 11 is 0. The summed E-state index contributed by atoms with van der Waals surface area (Å²) in [5, 5.41) is 12.0. The molecule has 1 heterocycles. The average Bonchev–Trinajstić information content (AvgIpc) is 2.62. The van der Waals surface area contributed by atoms with E-state index in [1.54, 1.807) is 13.1 Å². The number of carboxylic acids is 1. The first-order valence-electron chi connectivity index (χ1n) is 9.10. The molecule has 1 amide bonds. The highest BCUT2D eigenvalue weighted by Crippen LogP contribution is 2.24. The molecule has 142 valence electrons. The lowest BCUT2D eigenvalue weighted by atomic mass is 9.97. The van der Waals surface area contributed by atoms with Crippen molar-refractivity contribution in [2.45, 2.75) is 58.5 Å². The van der Waals surface area contributed by atoms with Crippen molar-refractivity contribution in [2.24, 2.45) is 0 Å². The lowest BCUT2D eigenvalue weighted by molar-refractivity contribution is -0.133. The number of likely N-dealkylation sites (N-methyl/N-ethyl adjacent to an activating group) is 1. The van der Waals surface area contributed by atoms with Crippen molar-refractivity contribution >= 4 is 11.9 Å². The van der Waals surface area contributed by atoms with Crippen molar-refractivity contribution in [2.75, 3.05) is 26.7 Å². The third kappa shape index (κ3) is 6.53. The number of amides is 1. The molecular formula is C19H33N3O3. The van der Waals surface area contributed by atoms with E-state index in [1.165, 1.54) is 24.7 Å². The fourth-order valence-electron chi connectivity index (χ4n) is 3.00. The maximum Gasteiger partial charge on any atom is 0.331 e. The molecule has 1 fully saturated rings. The average molecular weight is 351 g/mol. The van der Waals surface area contributed by atoms with Gasteiger partial charge in [0.15, 0.2) is 0 Å². The molecule has 0 radical (unpaired) electrons. The molecule has 0 spiro atoms. The minimum absolute atomic E-state index is 0.0820. The van der Waals surface area contributed by atoms with Crippen LogP contribution in [0.4, 0.5) is 0 Å². The van der Waals surface area contributed by atoms with Gasteiger partial charge in [-0.3, -0.25) is 9.69 Å². The summed E-state index contributed by atoms with van der Waals surface area (Å²) in [6.07, 6.45) is 6.11. The van der Waals surface area contributed by atoms with Crippen LogP contribution in [0.25, 0.3) is 0 Å². The summed E-state index contributed by atoms with van der Waals surface area (Å²) in [7, 11) is 1.67. The second kappa shape index (κ2) is 10.2. The van der Waals surface area contributed by atoms with E-state index in [0.717, 1.165) is 25.1 Å². The lowest BCUT2D eigenvalue weighted by Gasteiger charge is -2.40. The van der Waals surface area contributed by atoms with Gasteiger partial charge in [-0.2, -0.15) is 0 Å². The Morgan fingerprint density at radius 3 is 2.72 bits per heavy atom. The van der Waals surface area contributed by atoms with Crippen molar-refractivity contribution in [3.05, 3.63) is 23.9 Å². The predicted octanol–water partition coefficient (Wildman–Crippen LogP) is 2.23. The van der Waals surface area contributed by atoms with E-state index in [2.05, 4.69) is 30.6 Å².